The number of carboxylic acid groups (broad SMARTS) is 1. The minimum Gasteiger partial charge on any atom is -0.478 e. The van der Waals surface area contributed by atoms with E-state index >= 15 is 0 Å². The Bertz CT molecular complexity index is 2210. The molecule has 3 N–H and O–H groups in total. The van der Waals surface area contributed by atoms with Crippen molar-refractivity contribution in [1.29, 1.82) is 0 Å². The van der Waals surface area contributed by atoms with Gasteiger partial charge in [-0.1, -0.05) is 65.8 Å². The van der Waals surface area contributed by atoms with Gasteiger partial charge in [0.25, 0.3) is 10.0 Å². The Kier molecular flexibility index (Phi) is 10.8. The van der Waals surface area contributed by atoms with Crippen molar-refractivity contribution in [3.63, 3.8) is 0 Å². The molecule has 0 spiro atoms. The molecule has 12 nitrogen and oxygen atoms in total. The van der Waals surface area contributed by atoms with Gasteiger partial charge in [0, 0.05) is 41.9 Å². The Morgan fingerprint density at radius 2 is 1.63 bits per heavy atom. The van der Waals surface area contributed by atoms with Crippen molar-refractivity contribution in [3.8, 4) is 17.1 Å². The molecule has 0 amide bonds. The zero-order chi connectivity index (χ0) is 38.2. The largest absolute Gasteiger partial charge is 0.478 e. The Morgan fingerprint density at radius 1 is 0.962 bits per heavy atom. The second-order valence-electron chi connectivity index (χ2n) is 15.6. The van der Waals surface area contributed by atoms with E-state index in [0.29, 0.717) is 17.8 Å². The molecule has 0 aliphatic rings. The van der Waals surface area contributed by atoms with Crippen LogP contribution in [0.3, 0.4) is 0 Å². The fourth-order valence-corrected chi connectivity index (χ4v) is 7.35. The van der Waals surface area contributed by atoms with Crippen molar-refractivity contribution in [2.45, 2.75) is 91.6 Å². The summed E-state index contributed by atoms with van der Waals surface area (Å²) in [5.74, 6) is -1.21. The number of anilines is 1. The fourth-order valence-electron chi connectivity index (χ4n) is 6.36. The first-order chi connectivity index (χ1) is 24.2. The van der Waals surface area contributed by atoms with Gasteiger partial charge in [-0.15, -0.1) is 0 Å². The zero-order valence-corrected chi connectivity index (χ0v) is 32.4. The normalized spacial score (nSPS) is 13.0. The van der Waals surface area contributed by atoms with E-state index in [0.717, 1.165) is 51.7 Å². The number of fused-ring (bicyclic) bond motifs is 1. The van der Waals surface area contributed by atoms with E-state index in [9.17, 15) is 18.3 Å². The topological polar surface area (TPSA) is 161 Å². The van der Waals surface area contributed by atoms with Crippen LogP contribution in [-0.2, 0) is 29.0 Å². The van der Waals surface area contributed by atoms with Crippen molar-refractivity contribution in [3.05, 3.63) is 88.4 Å². The summed E-state index contributed by atoms with van der Waals surface area (Å²) in [4.78, 5) is 30.2. The molecule has 0 aliphatic carbocycles. The van der Waals surface area contributed by atoms with Gasteiger partial charge in [0.1, 0.15) is 12.1 Å². The van der Waals surface area contributed by atoms with E-state index in [-0.39, 0.29) is 45.8 Å². The summed E-state index contributed by atoms with van der Waals surface area (Å²) in [5.41, 5.74) is 7.30. The second-order valence-corrected chi connectivity index (χ2v) is 17.3. The van der Waals surface area contributed by atoms with Crippen LogP contribution in [0.4, 0.5) is 5.95 Å². The number of hydrogen-bond acceptors (Lipinski definition) is 9. The molecule has 52 heavy (non-hydrogen) atoms. The average Bonchev–Trinajstić information content (AvgIpc) is 3.39. The number of aryl methyl sites for hydroxylation is 3. The maximum atomic E-state index is 13.5. The summed E-state index contributed by atoms with van der Waals surface area (Å²) in [7, 11) is -2.24. The van der Waals surface area contributed by atoms with Crippen molar-refractivity contribution in [2.75, 3.05) is 11.3 Å². The van der Waals surface area contributed by atoms with Gasteiger partial charge in [-0.3, -0.25) is 4.98 Å². The van der Waals surface area contributed by atoms with Crippen molar-refractivity contribution in [1.82, 2.24) is 29.8 Å². The molecule has 13 heteroatoms. The summed E-state index contributed by atoms with van der Waals surface area (Å²) in [5, 5.41) is 13.1. The minimum absolute atomic E-state index is 0.0490. The van der Waals surface area contributed by atoms with Crippen molar-refractivity contribution >= 4 is 33.1 Å². The van der Waals surface area contributed by atoms with Gasteiger partial charge in [-0.2, -0.15) is 4.98 Å². The molecule has 0 bridgehead atoms. The highest BCUT2D eigenvalue weighted by molar-refractivity contribution is 7.92. The minimum atomic E-state index is -4.26. The first kappa shape index (κ1) is 38.4. The van der Waals surface area contributed by atoms with E-state index in [1.807, 2.05) is 46.0 Å². The number of aromatic nitrogens is 5. The molecule has 3 heterocycles. The van der Waals surface area contributed by atoms with E-state index in [1.165, 1.54) is 18.2 Å². The molecule has 0 radical (unpaired) electrons. The van der Waals surface area contributed by atoms with E-state index in [1.54, 1.807) is 6.20 Å². The van der Waals surface area contributed by atoms with Gasteiger partial charge < -0.3 is 19.7 Å². The molecule has 0 aliphatic heterocycles. The number of rotatable bonds is 12. The molecule has 5 rings (SSSR count). The quantitative estimate of drug-likeness (QED) is 0.121. The molecular formula is C39H49N7O5S. The third kappa shape index (κ3) is 8.76. The van der Waals surface area contributed by atoms with E-state index < -0.39 is 16.0 Å². The predicted molar refractivity (Wildman–Crippen MR) is 203 cm³/mol. The lowest BCUT2D eigenvalue weighted by molar-refractivity contribution is 0.0696. The third-order valence-corrected chi connectivity index (χ3v) is 10.2. The molecular weight excluding hydrogens is 679 g/mol. The van der Waals surface area contributed by atoms with E-state index in [2.05, 4.69) is 72.2 Å². The highest BCUT2D eigenvalue weighted by Crippen LogP contribution is 2.34. The van der Waals surface area contributed by atoms with Crippen LogP contribution in [0.1, 0.15) is 86.4 Å². The molecule has 5 aromatic rings. The van der Waals surface area contributed by atoms with Gasteiger partial charge in [0.05, 0.1) is 28.0 Å². The number of ether oxygens (including phenoxy) is 1. The smallest absolute Gasteiger partial charge is 0.335 e. The van der Waals surface area contributed by atoms with Gasteiger partial charge in [0.15, 0.2) is 5.65 Å². The molecule has 0 unspecified atom stereocenters. The number of sulfonamides is 1. The number of carbonyl (C=O) groups is 1. The second kappa shape index (κ2) is 14.6. The summed E-state index contributed by atoms with van der Waals surface area (Å²) in [6, 6.07) is 13.0. The van der Waals surface area contributed by atoms with Crippen LogP contribution in [0.15, 0.2) is 59.6 Å². The SMILES string of the molecule is Cc1cccc(C)c1-c1nc(NS(=O)(=O)c2cccc(C(=O)O)c2)nc(OC[C@@H](CC(C)(C)C)NCc2cnc3cc(C(C)(C)C)n(C)c3n2)c1C. The maximum Gasteiger partial charge on any atom is 0.335 e. The van der Waals surface area contributed by atoms with Gasteiger partial charge in [-0.25, -0.2) is 27.9 Å². The number of nitrogens with one attached hydrogen (secondary N) is 2. The standard InChI is InChI=1S/C39H49N7O5S/c1-23-13-11-14-24(2)32(23)33-25(3)35(44-37(43-33)45-52(49,50)29-16-12-15-26(17-29)36(47)48)51-22-27(19-38(4,5)6)40-20-28-21-41-30-18-31(39(7,8)9)46(10)34(30)42-28/h11-18,21,27,40H,19-20,22H2,1-10H3,(H,47,48)(H,43,44,45)/t27-/m1/s1. The van der Waals surface area contributed by atoms with Gasteiger partial charge >= 0.3 is 5.97 Å². The van der Waals surface area contributed by atoms with Crippen molar-refractivity contribution in [2.24, 2.45) is 12.5 Å². The zero-order valence-electron chi connectivity index (χ0n) is 31.6. The van der Waals surface area contributed by atoms with Crippen LogP contribution >= 0.6 is 0 Å². The predicted octanol–water partition coefficient (Wildman–Crippen LogP) is 7.12. The Hall–Kier alpha value is -4.88. The van der Waals surface area contributed by atoms with Crippen LogP contribution in [0.25, 0.3) is 22.4 Å². The molecule has 276 valence electrons. The van der Waals surface area contributed by atoms with Crippen LogP contribution < -0.4 is 14.8 Å². The lowest BCUT2D eigenvalue weighted by Crippen LogP contribution is -2.38. The first-order valence-electron chi connectivity index (χ1n) is 17.2. The lowest BCUT2D eigenvalue weighted by atomic mass is 9.88. The van der Waals surface area contributed by atoms with Crippen molar-refractivity contribution < 1.29 is 23.1 Å². The highest BCUT2D eigenvalue weighted by atomic mass is 32.2. The first-order valence-corrected chi connectivity index (χ1v) is 18.7. The highest BCUT2D eigenvalue weighted by Gasteiger charge is 2.25. The summed E-state index contributed by atoms with van der Waals surface area (Å²) in [6.45, 7) is 19.5. The average molecular weight is 728 g/mol. The fraction of sp³-hybridized carbons (Fsp3) is 0.410. The Labute approximate surface area is 306 Å². The van der Waals surface area contributed by atoms with Gasteiger partial charge in [0.2, 0.25) is 11.8 Å². The summed E-state index contributed by atoms with van der Waals surface area (Å²) in [6.07, 6.45) is 2.56. The third-order valence-electron chi connectivity index (χ3n) is 8.84. The van der Waals surface area contributed by atoms with Crippen LogP contribution in [0, 0.1) is 26.2 Å². The molecule has 1 atom stereocenters. The number of benzene rings is 2. The Morgan fingerprint density at radius 3 is 2.27 bits per heavy atom. The monoisotopic (exact) mass is 727 g/mol. The van der Waals surface area contributed by atoms with Crippen LogP contribution in [0.2, 0.25) is 0 Å². The van der Waals surface area contributed by atoms with E-state index in [4.69, 9.17) is 14.7 Å². The summed E-state index contributed by atoms with van der Waals surface area (Å²) >= 11 is 0. The van der Waals surface area contributed by atoms with Crippen LogP contribution in [-0.4, -0.2) is 56.6 Å². The summed E-state index contributed by atoms with van der Waals surface area (Å²) < 4.78 is 38.0. The number of nitrogens with zero attached hydrogens (tertiary/aromatic N) is 5. The Balaban J connectivity index is 1.46. The maximum absolute atomic E-state index is 13.5. The van der Waals surface area contributed by atoms with Crippen LogP contribution in [0.5, 0.6) is 5.88 Å². The molecule has 0 saturated carbocycles. The molecule has 0 saturated heterocycles. The molecule has 0 fully saturated rings. The number of carboxylic acids is 1. The number of hydrogen-bond donors (Lipinski definition) is 3. The lowest BCUT2D eigenvalue weighted by Gasteiger charge is -2.27. The number of aromatic carboxylic acids is 1. The molecule has 2 aromatic carbocycles. The molecule has 3 aromatic heterocycles. The van der Waals surface area contributed by atoms with Gasteiger partial charge in [-0.05, 0) is 68.0 Å².